The monoisotopic (exact) mass is 469 g/mol. The summed E-state index contributed by atoms with van der Waals surface area (Å²) in [4.78, 5) is 12.9. The molecule has 3 heterocycles. The Bertz CT molecular complexity index is 905. The predicted octanol–water partition coefficient (Wildman–Crippen LogP) is 1.56. The van der Waals surface area contributed by atoms with Crippen molar-refractivity contribution in [1.82, 2.24) is 19.5 Å². The fraction of sp³-hybridized carbons (Fsp3) is 0.312. The maximum atomic E-state index is 10.2. The number of anilines is 1. The number of halogens is 1. The van der Waals surface area contributed by atoms with Gasteiger partial charge in [-0.1, -0.05) is 0 Å². The zero-order chi connectivity index (χ0) is 17.4. The van der Waals surface area contributed by atoms with Gasteiger partial charge < -0.3 is 0 Å². The molecule has 3 atom stereocenters. The second kappa shape index (κ2) is 7.01. The number of hydrogen-bond donors (Lipinski definition) is 3. The molecule has 0 unspecified atom stereocenters. The normalized spacial score (nSPS) is 23.2. The van der Waals surface area contributed by atoms with Crippen LogP contribution in [0.15, 0.2) is 41.4 Å². The molecule has 9 heteroatoms. The molecule has 25 heavy (non-hydrogen) atoms. The van der Waals surface area contributed by atoms with E-state index in [2.05, 4.69) is 36.2 Å². The summed E-state index contributed by atoms with van der Waals surface area (Å²) in [6, 6.07) is 8.05. The van der Waals surface area contributed by atoms with E-state index in [1.54, 1.807) is 6.33 Å². The number of fused-ring (bicyclic) bond motifs is 1. The first-order valence-electron chi connectivity index (χ1n) is 7.77. The van der Waals surface area contributed by atoms with Crippen molar-refractivity contribution in [3.05, 3.63) is 47.0 Å². The number of hydrogen-bond acceptors (Lipinski definition) is 6. The molecule has 3 N–H and O–H groups in total. The van der Waals surface area contributed by atoms with Gasteiger partial charge in [-0.25, -0.2) is 0 Å². The van der Waals surface area contributed by atoms with Gasteiger partial charge in [-0.2, -0.15) is 0 Å². The summed E-state index contributed by atoms with van der Waals surface area (Å²) in [5, 5.41) is 23.9. The summed E-state index contributed by atoms with van der Waals surface area (Å²) in [5.41, 5.74) is 2.46. The molecule has 130 valence electrons. The molecule has 3 aromatic rings. The van der Waals surface area contributed by atoms with Crippen molar-refractivity contribution < 1.29 is 10.2 Å². The SMILES string of the molecule is O[C@@H]1[C@H](O)C[Se][C@H]1n1cnc2c(NCc3cccc(Br)c3)ncnc21. The molecule has 0 bridgehead atoms. The summed E-state index contributed by atoms with van der Waals surface area (Å²) < 4.78 is 2.89. The van der Waals surface area contributed by atoms with E-state index in [0.717, 1.165) is 10.0 Å². The van der Waals surface area contributed by atoms with Gasteiger partial charge in [0.25, 0.3) is 0 Å². The van der Waals surface area contributed by atoms with Crippen LogP contribution in [0.4, 0.5) is 5.82 Å². The van der Waals surface area contributed by atoms with Gasteiger partial charge in [0.1, 0.15) is 0 Å². The van der Waals surface area contributed by atoms with E-state index in [4.69, 9.17) is 0 Å². The molecule has 0 radical (unpaired) electrons. The Morgan fingerprint density at radius 3 is 2.92 bits per heavy atom. The molecule has 1 aliphatic rings. The average Bonchev–Trinajstić information content (AvgIpc) is 3.17. The third-order valence-electron chi connectivity index (χ3n) is 4.11. The Labute approximate surface area is 158 Å². The minimum atomic E-state index is -0.773. The third kappa shape index (κ3) is 3.30. The van der Waals surface area contributed by atoms with Gasteiger partial charge in [0, 0.05) is 0 Å². The molecule has 0 amide bonds. The first kappa shape index (κ1) is 16.9. The predicted molar refractivity (Wildman–Crippen MR) is 98.4 cm³/mol. The van der Waals surface area contributed by atoms with Crippen molar-refractivity contribution in [2.24, 2.45) is 0 Å². The molecule has 1 fully saturated rings. The number of rotatable bonds is 4. The van der Waals surface area contributed by atoms with E-state index in [9.17, 15) is 10.2 Å². The number of benzene rings is 1. The topological polar surface area (TPSA) is 96.1 Å². The molecule has 7 nitrogen and oxygen atoms in total. The second-order valence-electron chi connectivity index (χ2n) is 5.81. The molecule has 2 aromatic heterocycles. The van der Waals surface area contributed by atoms with Crippen LogP contribution in [-0.4, -0.2) is 56.9 Å². The van der Waals surface area contributed by atoms with Gasteiger partial charge in [0.05, 0.1) is 0 Å². The first-order chi connectivity index (χ1) is 12.1. The van der Waals surface area contributed by atoms with Crippen molar-refractivity contribution in [2.75, 3.05) is 5.32 Å². The van der Waals surface area contributed by atoms with E-state index in [-0.39, 0.29) is 19.9 Å². The zero-order valence-electron chi connectivity index (χ0n) is 13.1. The van der Waals surface area contributed by atoms with Crippen LogP contribution in [0.1, 0.15) is 10.5 Å². The van der Waals surface area contributed by atoms with Crippen LogP contribution in [0.25, 0.3) is 11.2 Å². The van der Waals surface area contributed by atoms with Gasteiger partial charge in [-0.15, -0.1) is 0 Å². The minimum absolute atomic E-state index is 0.0985. The van der Waals surface area contributed by atoms with Gasteiger partial charge >= 0.3 is 159 Å². The fourth-order valence-electron chi connectivity index (χ4n) is 2.83. The van der Waals surface area contributed by atoms with Crippen molar-refractivity contribution in [3.8, 4) is 0 Å². The standard InChI is InChI=1S/C16H16BrN5O2Se/c17-10-3-1-2-9(4-10)5-18-14-12-15(20-7-19-14)22(8-21-12)16-13(24)11(23)6-25-16/h1-4,7-8,11,13,16,23-24H,5-6H2,(H,18,19,20)/t11-,13-,16-/m1/s1. The molecule has 1 saturated heterocycles. The van der Waals surface area contributed by atoms with Crippen molar-refractivity contribution in [1.29, 1.82) is 0 Å². The van der Waals surface area contributed by atoms with Crippen molar-refractivity contribution >= 4 is 47.9 Å². The summed E-state index contributed by atoms with van der Waals surface area (Å²) >= 11 is 3.57. The Hall–Kier alpha value is -1.51. The van der Waals surface area contributed by atoms with E-state index in [1.807, 2.05) is 28.8 Å². The van der Waals surface area contributed by atoms with Crippen LogP contribution in [0.3, 0.4) is 0 Å². The van der Waals surface area contributed by atoms with Crippen LogP contribution in [0.5, 0.6) is 0 Å². The molecule has 0 aliphatic carbocycles. The van der Waals surface area contributed by atoms with Crippen molar-refractivity contribution in [3.63, 3.8) is 0 Å². The summed E-state index contributed by atoms with van der Waals surface area (Å²) in [7, 11) is 0. The molecular formula is C16H16BrN5O2Se. The Morgan fingerprint density at radius 2 is 2.16 bits per heavy atom. The number of nitrogens with one attached hydrogen (secondary N) is 1. The number of aromatic nitrogens is 4. The van der Waals surface area contributed by atoms with Crippen LogP contribution < -0.4 is 5.32 Å². The Kier molecular flexibility index (Phi) is 4.75. The summed E-state index contributed by atoms with van der Waals surface area (Å²) in [6.45, 7) is 0.618. The van der Waals surface area contributed by atoms with Crippen LogP contribution in [0, 0.1) is 0 Å². The maximum absolute atomic E-state index is 10.2. The van der Waals surface area contributed by atoms with Gasteiger partial charge in [0.2, 0.25) is 0 Å². The number of aliphatic hydroxyl groups is 2. The quantitative estimate of drug-likeness (QED) is 0.503. The van der Waals surface area contributed by atoms with E-state index in [1.165, 1.54) is 6.33 Å². The van der Waals surface area contributed by atoms with E-state index < -0.39 is 12.2 Å². The molecule has 1 aromatic carbocycles. The molecular weight excluding hydrogens is 453 g/mol. The fourth-order valence-corrected chi connectivity index (χ4v) is 5.97. The molecule has 0 saturated carbocycles. The second-order valence-corrected chi connectivity index (χ2v) is 9.14. The van der Waals surface area contributed by atoms with Gasteiger partial charge in [0.15, 0.2) is 0 Å². The van der Waals surface area contributed by atoms with Crippen LogP contribution in [0.2, 0.25) is 5.32 Å². The summed E-state index contributed by atoms with van der Waals surface area (Å²) in [5.74, 6) is 0.657. The van der Waals surface area contributed by atoms with Gasteiger partial charge in [-0.05, 0) is 0 Å². The first-order valence-corrected chi connectivity index (χ1v) is 10.8. The Morgan fingerprint density at radius 1 is 1.28 bits per heavy atom. The van der Waals surface area contributed by atoms with Crippen LogP contribution >= 0.6 is 15.9 Å². The Balaban J connectivity index is 1.61. The van der Waals surface area contributed by atoms with E-state index in [0.29, 0.717) is 28.8 Å². The number of nitrogens with zero attached hydrogens (tertiary/aromatic N) is 4. The average molecular weight is 469 g/mol. The molecule has 1 aliphatic heterocycles. The third-order valence-corrected chi connectivity index (χ3v) is 7.50. The van der Waals surface area contributed by atoms with E-state index >= 15 is 0 Å². The van der Waals surface area contributed by atoms with Crippen molar-refractivity contribution in [2.45, 2.75) is 29.0 Å². The summed E-state index contributed by atoms with van der Waals surface area (Å²) in [6.07, 6.45) is 1.73. The number of imidazole rings is 1. The van der Waals surface area contributed by atoms with Gasteiger partial charge in [-0.3, -0.25) is 0 Å². The van der Waals surface area contributed by atoms with Crippen LogP contribution in [-0.2, 0) is 6.54 Å². The molecule has 4 rings (SSSR count). The zero-order valence-corrected chi connectivity index (χ0v) is 16.4. The number of aliphatic hydroxyl groups excluding tert-OH is 2. The molecule has 0 spiro atoms.